The minimum Gasteiger partial charge on any atom is -0.348 e. The normalized spacial score (nSPS) is 12.8. The van der Waals surface area contributed by atoms with E-state index in [1.54, 1.807) is 6.20 Å². The van der Waals surface area contributed by atoms with E-state index in [0.717, 1.165) is 25.5 Å². The number of aromatic nitrogens is 4. The second-order valence-corrected chi connectivity index (χ2v) is 4.03. The summed E-state index contributed by atoms with van der Waals surface area (Å²) in [5, 5.41) is 3.37. The van der Waals surface area contributed by atoms with Crippen LogP contribution < -0.4 is 5.32 Å². The number of nitrogens with one attached hydrogen (secondary N) is 2. The van der Waals surface area contributed by atoms with Gasteiger partial charge < -0.3 is 14.9 Å². The quantitative estimate of drug-likeness (QED) is 0.763. The fourth-order valence-corrected chi connectivity index (χ4v) is 1.65. The Bertz CT molecular complexity index is 378. The molecule has 86 valence electrons. The van der Waals surface area contributed by atoms with E-state index in [2.05, 4.69) is 31.8 Å². The third kappa shape index (κ3) is 3.20. The molecule has 5 nitrogen and oxygen atoms in total. The van der Waals surface area contributed by atoms with Gasteiger partial charge in [-0.2, -0.15) is 0 Å². The molecule has 2 aromatic heterocycles. The highest BCUT2D eigenvalue weighted by Gasteiger charge is 2.02. The monoisotopic (exact) mass is 219 g/mol. The van der Waals surface area contributed by atoms with Crippen molar-refractivity contribution >= 4 is 0 Å². The van der Waals surface area contributed by atoms with Crippen LogP contribution in [0.25, 0.3) is 0 Å². The lowest BCUT2D eigenvalue weighted by atomic mass is 10.2. The molecule has 0 saturated carbocycles. The molecule has 0 bridgehead atoms. The summed E-state index contributed by atoms with van der Waals surface area (Å²) in [7, 11) is 0. The maximum absolute atomic E-state index is 4.16. The van der Waals surface area contributed by atoms with Gasteiger partial charge in [-0.3, -0.25) is 0 Å². The predicted octanol–water partition coefficient (Wildman–Crippen LogP) is 1.03. The molecule has 0 amide bonds. The van der Waals surface area contributed by atoms with Gasteiger partial charge in [0, 0.05) is 31.3 Å². The zero-order valence-corrected chi connectivity index (χ0v) is 9.43. The third-order valence-corrected chi connectivity index (χ3v) is 2.42. The summed E-state index contributed by atoms with van der Waals surface area (Å²) in [6.45, 7) is 4.97. The SMILES string of the molecule is CC(CNCc1ncc[nH]1)Cn1ccnc1. The van der Waals surface area contributed by atoms with Crippen LogP contribution in [0.15, 0.2) is 31.1 Å². The van der Waals surface area contributed by atoms with Gasteiger partial charge in [-0.1, -0.05) is 6.92 Å². The van der Waals surface area contributed by atoms with E-state index in [0.29, 0.717) is 5.92 Å². The Morgan fingerprint density at radius 1 is 1.50 bits per heavy atom. The lowest BCUT2D eigenvalue weighted by Crippen LogP contribution is -2.24. The van der Waals surface area contributed by atoms with Crippen LogP contribution in [0.5, 0.6) is 0 Å². The molecule has 1 unspecified atom stereocenters. The highest BCUT2D eigenvalue weighted by Crippen LogP contribution is 1.99. The van der Waals surface area contributed by atoms with Crippen molar-refractivity contribution in [3.63, 3.8) is 0 Å². The molecule has 0 saturated heterocycles. The first-order valence-corrected chi connectivity index (χ1v) is 5.49. The van der Waals surface area contributed by atoms with E-state index in [9.17, 15) is 0 Å². The average molecular weight is 219 g/mol. The summed E-state index contributed by atoms with van der Waals surface area (Å²) >= 11 is 0. The zero-order chi connectivity index (χ0) is 11.2. The molecule has 0 radical (unpaired) electrons. The zero-order valence-electron chi connectivity index (χ0n) is 9.43. The van der Waals surface area contributed by atoms with E-state index in [1.165, 1.54) is 0 Å². The third-order valence-electron chi connectivity index (χ3n) is 2.42. The molecule has 0 aliphatic heterocycles. The van der Waals surface area contributed by atoms with E-state index in [1.807, 2.05) is 24.9 Å². The smallest absolute Gasteiger partial charge is 0.120 e. The van der Waals surface area contributed by atoms with Crippen molar-refractivity contribution in [2.75, 3.05) is 6.54 Å². The predicted molar refractivity (Wildman–Crippen MR) is 61.7 cm³/mol. The van der Waals surface area contributed by atoms with Crippen molar-refractivity contribution in [3.05, 3.63) is 36.9 Å². The fraction of sp³-hybridized carbons (Fsp3) is 0.455. The highest BCUT2D eigenvalue weighted by atomic mass is 15.0. The number of H-pyrrole nitrogens is 1. The summed E-state index contributed by atoms with van der Waals surface area (Å²) in [6.07, 6.45) is 9.26. The van der Waals surface area contributed by atoms with E-state index in [-0.39, 0.29) is 0 Å². The lowest BCUT2D eigenvalue weighted by Gasteiger charge is -2.12. The van der Waals surface area contributed by atoms with Gasteiger partial charge in [0.1, 0.15) is 5.82 Å². The summed E-state index contributed by atoms with van der Waals surface area (Å²) in [6, 6.07) is 0. The van der Waals surface area contributed by atoms with E-state index in [4.69, 9.17) is 0 Å². The van der Waals surface area contributed by atoms with Crippen LogP contribution in [0, 0.1) is 5.92 Å². The Balaban J connectivity index is 1.66. The van der Waals surface area contributed by atoms with Crippen LogP contribution in [0.4, 0.5) is 0 Å². The molecule has 2 heterocycles. The fourth-order valence-electron chi connectivity index (χ4n) is 1.65. The molecule has 0 fully saturated rings. The second kappa shape index (κ2) is 5.46. The summed E-state index contributed by atoms with van der Waals surface area (Å²) < 4.78 is 2.10. The molecule has 2 N–H and O–H groups in total. The first-order valence-electron chi connectivity index (χ1n) is 5.49. The van der Waals surface area contributed by atoms with Crippen molar-refractivity contribution in [2.24, 2.45) is 5.92 Å². The topological polar surface area (TPSA) is 58.5 Å². The molecule has 0 spiro atoms. The Kier molecular flexibility index (Phi) is 3.71. The number of rotatable bonds is 6. The lowest BCUT2D eigenvalue weighted by molar-refractivity contribution is 0.442. The largest absolute Gasteiger partial charge is 0.348 e. The molecule has 0 aromatic carbocycles. The first kappa shape index (κ1) is 10.9. The maximum atomic E-state index is 4.16. The number of nitrogens with zero attached hydrogens (tertiary/aromatic N) is 3. The van der Waals surface area contributed by atoms with Crippen LogP contribution >= 0.6 is 0 Å². The van der Waals surface area contributed by atoms with Gasteiger partial charge >= 0.3 is 0 Å². The van der Waals surface area contributed by atoms with Crippen LogP contribution in [-0.4, -0.2) is 26.1 Å². The van der Waals surface area contributed by atoms with E-state index < -0.39 is 0 Å². The Hall–Kier alpha value is -1.62. The first-order chi connectivity index (χ1) is 7.84. The standard InChI is InChI=1S/C11H17N5/c1-10(8-16-5-4-12-9-16)6-13-7-11-14-2-3-15-11/h2-5,9-10,13H,6-8H2,1H3,(H,14,15). The van der Waals surface area contributed by atoms with Crippen LogP contribution in [-0.2, 0) is 13.1 Å². The van der Waals surface area contributed by atoms with Gasteiger partial charge in [-0.15, -0.1) is 0 Å². The van der Waals surface area contributed by atoms with Crippen LogP contribution in [0.2, 0.25) is 0 Å². The maximum Gasteiger partial charge on any atom is 0.120 e. The molecule has 1 atom stereocenters. The number of imidazole rings is 2. The van der Waals surface area contributed by atoms with Gasteiger partial charge in [0.15, 0.2) is 0 Å². The van der Waals surface area contributed by atoms with Crippen molar-refractivity contribution in [2.45, 2.75) is 20.0 Å². The van der Waals surface area contributed by atoms with Gasteiger partial charge in [0.25, 0.3) is 0 Å². The number of hydrogen-bond acceptors (Lipinski definition) is 3. The summed E-state index contributed by atoms with van der Waals surface area (Å²) in [5.74, 6) is 1.55. The molecule has 5 heteroatoms. The molecule has 2 aromatic rings. The number of aromatic amines is 1. The van der Waals surface area contributed by atoms with Crippen molar-refractivity contribution in [1.29, 1.82) is 0 Å². The van der Waals surface area contributed by atoms with Gasteiger partial charge in [0.2, 0.25) is 0 Å². The molecule has 2 rings (SSSR count). The van der Waals surface area contributed by atoms with Crippen molar-refractivity contribution in [1.82, 2.24) is 24.8 Å². The van der Waals surface area contributed by atoms with Gasteiger partial charge in [-0.05, 0) is 12.5 Å². The minimum absolute atomic E-state index is 0.573. The molecular weight excluding hydrogens is 202 g/mol. The van der Waals surface area contributed by atoms with Crippen LogP contribution in [0.1, 0.15) is 12.7 Å². The Labute approximate surface area is 94.9 Å². The average Bonchev–Trinajstić information content (AvgIpc) is 2.90. The molecule has 0 aliphatic carbocycles. The van der Waals surface area contributed by atoms with Crippen LogP contribution in [0.3, 0.4) is 0 Å². The van der Waals surface area contributed by atoms with E-state index >= 15 is 0 Å². The Morgan fingerprint density at radius 3 is 3.12 bits per heavy atom. The highest BCUT2D eigenvalue weighted by molar-refractivity contribution is 4.86. The summed E-state index contributed by atoms with van der Waals surface area (Å²) in [4.78, 5) is 11.2. The molecule has 16 heavy (non-hydrogen) atoms. The minimum atomic E-state index is 0.573. The van der Waals surface area contributed by atoms with Gasteiger partial charge in [0.05, 0.1) is 12.9 Å². The Morgan fingerprint density at radius 2 is 2.44 bits per heavy atom. The van der Waals surface area contributed by atoms with Gasteiger partial charge in [-0.25, -0.2) is 9.97 Å². The van der Waals surface area contributed by atoms with Crippen molar-refractivity contribution in [3.8, 4) is 0 Å². The second-order valence-electron chi connectivity index (χ2n) is 4.03. The summed E-state index contributed by atoms with van der Waals surface area (Å²) in [5.41, 5.74) is 0. The molecule has 0 aliphatic rings. The van der Waals surface area contributed by atoms with Crippen molar-refractivity contribution < 1.29 is 0 Å². The molecular formula is C11H17N5. The number of hydrogen-bond donors (Lipinski definition) is 2.